The topological polar surface area (TPSA) is 77.0 Å². The molecule has 0 aliphatic carbocycles. The maximum Gasteiger partial charge on any atom is 0.308 e. The van der Waals surface area contributed by atoms with E-state index >= 15 is 0 Å². The first-order valence-electron chi connectivity index (χ1n) is 7.54. The van der Waals surface area contributed by atoms with Crippen molar-refractivity contribution in [2.45, 2.75) is 13.8 Å². The largest absolute Gasteiger partial charge is 0.490 e. The summed E-state index contributed by atoms with van der Waals surface area (Å²) in [6, 6.07) is 11.5. The molecule has 0 bridgehead atoms. The highest BCUT2D eigenvalue weighted by Gasteiger charge is 2.08. The van der Waals surface area contributed by atoms with Gasteiger partial charge in [-0.15, -0.1) is 0 Å². The van der Waals surface area contributed by atoms with Crippen LogP contribution in [-0.4, -0.2) is 24.7 Å². The fraction of sp³-hybridized carbons (Fsp3) is 0.167. The Balaban J connectivity index is 2.08. The average molecular weight is 361 g/mol. The third-order valence-corrected chi connectivity index (χ3v) is 3.22. The number of benzene rings is 2. The Hall–Kier alpha value is -2.86. The van der Waals surface area contributed by atoms with Gasteiger partial charge in [-0.25, -0.2) is 5.43 Å². The monoisotopic (exact) mass is 360 g/mol. The van der Waals surface area contributed by atoms with Gasteiger partial charge in [-0.05, 0) is 48.9 Å². The first-order valence-corrected chi connectivity index (χ1v) is 7.91. The smallest absolute Gasteiger partial charge is 0.308 e. The molecule has 0 unspecified atom stereocenters. The summed E-state index contributed by atoms with van der Waals surface area (Å²) in [5, 5.41) is 4.38. The van der Waals surface area contributed by atoms with E-state index in [1.54, 1.807) is 42.5 Å². The Morgan fingerprint density at radius 1 is 1.20 bits per heavy atom. The third kappa shape index (κ3) is 5.61. The van der Waals surface area contributed by atoms with Crippen LogP contribution in [0.2, 0.25) is 5.02 Å². The molecule has 0 saturated carbocycles. The minimum absolute atomic E-state index is 0.328. The van der Waals surface area contributed by atoms with E-state index < -0.39 is 5.97 Å². The number of ether oxygens (including phenoxy) is 2. The van der Waals surface area contributed by atoms with Crippen molar-refractivity contribution in [2.75, 3.05) is 6.61 Å². The van der Waals surface area contributed by atoms with Gasteiger partial charge in [0.2, 0.25) is 0 Å². The van der Waals surface area contributed by atoms with Gasteiger partial charge in [0.1, 0.15) is 0 Å². The number of esters is 1. The van der Waals surface area contributed by atoms with E-state index in [1.165, 1.54) is 13.1 Å². The van der Waals surface area contributed by atoms with E-state index in [0.717, 1.165) is 0 Å². The van der Waals surface area contributed by atoms with E-state index in [0.29, 0.717) is 34.3 Å². The second-order valence-electron chi connectivity index (χ2n) is 4.94. The molecule has 130 valence electrons. The molecular formula is C18H17ClN2O4. The van der Waals surface area contributed by atoms with Crippen LogP contribution in [-0.2, 0) is 4.79 Å². The minimum Gasteiger partial charge on any atom is -0.490 e. The fourth-order valence-corrected chi connectivity index (χ4v) is 2.16. The maximum absolute atomic E-state index is 12.0. The zero-order valence-electron chi connectivity index (χ0n) is 13.8. The van der Waals surface area contributed by atoms with Gasteiger partial charge >= 0.3 is 5.97 Å². The lowest BCUT2D eigenvalue weighted by Gasteiger charge is -2.10. The highest BCUT2D eigenvalue weighted by atomic mass is 35.5. The lowest BCUT2D eigenvalue weighted by molar-refractivity contribution is -0.132. The number of hydrazone groups is 1. The molecule has 0 fully saturated rings. The summed E-state index contributed by atoms with van der Waals surface area (Å²) >= 11 is 5.85. The van der Waals surface area contributed by atoms with Gasteiger partial charge in [-0.2, -0.15) is 5.10 Å². The van der Waals surface area contributed by atoms with Crippen molar-refractivity contribution in [1.82, 2.24) is 5.43 Å². The Labute approximate surface area is 150 Å². The van der Waals surface area contributed by atoms with Gasteiger partial charge in [-0.1, -0.05) is 17.7 Å². The Morgan fingerprint density at radius 2 is 2.00 bits per heavy atom. The molecule has 0 atom stereocenters. The SMILES string of the molecule is CCOc1cc(/C=N\NC(=O)c2cccc(Cl)c2)ccc1OC(C)=O. The summed E-state index contributed by atoms with van der Waals surface area (Å²) in [7, 11) is 0. The van der Waals surface area contributed by atoms with Gasteiger partial charge in [0.25, 0.3) is 5.91 Å². The van der Waals surface area contributed by atoms with Crippen molar-refractivity contribution >= 4 is 29.7 Å². The molecule has 1 N–H and O–H groups in total. The van der Waals surface area contributed by atoms with E-state index in [-0.39, 0.29) is 5.91 Å². The summed E-state index contributed by atoms with van der Waals surface area (Å²) in [5.41, 5.74) is 3.50. The van der Waals surface area contributed by atoms with Gasteiger partial charge in [0, 0.05) is 17.5 Å². The summed E-state index contributed by atoms with van der Waals surface area (Å²) in [4.78, 5) is 23.1. The van der Waals surface area contributed by atoms with Gasteiger partial charge < -0.3 is 9.47 Å². The van der Waals surface area contributed by atoms with E-state index in [2.05, 4.69) is 10.5 Å². The van der Waals surface area contributed by atoms with Crippen LogP contribution in [0.1, 0.15) is 29.8 Å². The molecule has 1 amide bonds. The molecule has 0 saturated heterocycles. The number of nitrogens with one attached hydrogen (secondary N) is 1. The lowest BCUT2D eigenvalue weighted by Crippen LogP contribution is -2.17. The second kappa shape index (κ2) is 8.84. The standard InChI is InChI=1S/C18H17ClN2O4/c1-3-24-17-9-13(7-8-16(17)25-12(2)22)11-20-21-18(23)14-5-4-6-15(19)10-14/h4-11H,3H2,1-2H3,(H,21,23)/b20-11-. The van der Waals surface area contributed by atoms with Crippen LogP contribution in [0.15, 0.2) is 47.6 Å². The van der Waals surface area contributed by atoms with Crippen molar-refractivity contribution < 1.29 is 19.1 Å². The van der Waals surface area contributed by atoms with Crippen LogP contribution in [0.5, 0.6) is 11.5 Å². The first kappa shape index (κ1) is 18.5. The molecule has 0 spiro atoms. The lowest BCUT2D eigenvalue weighted by atomic mass is 10.2. The Morgan fingerprint density at radius 3 is 2.68 bits per heavy atom. The number of rotatable bonds is 6. The Bertz CT molecular complexity index is 805. The van der Waals surface area contributed by atoms with Crippen molar-refractivity contribution in [3.05, 3.63) is 58.6 Å². The first-order chi connectivity index (χ1) is 12.0. The molecular weight excluding hydrogens is 344 g/mol. The van der Waals surface area contributed by atoms with Gasteiger partial charge in [-0.3, -0.25) is 9.59 Å². The zero-order chi connectivity index (χ0) is 18.2. The summed E-state index contributed by atoms with van der Waals surface area (Å²) in [6.07, 6.45) is 1.46. The fourth-order valence-electron chi connectivity index (χ4n) is 1.97. The van der Waals surface area contributed by atoms with Crippen molar-refractivity contribution in [3.63, 3.8) is 0 Å². The molecule has 2 aromatic rings. The zero-order valence-corrected chi connectivity index (χ0v) is 14.5. The van der Waals surface area contributed by atoms with Crippen LogP contribution < -0.4 is 14.9 Å². The molecule has 0 aliphatic heterocycles. The van der Waals surface area contributed by atoms with Crippen LogP contribution >= 0.6 is 11.6 Å². The van der Waals surface area contributed by atoms with Crippen molar-refractivity contribution in [3.8, 4) is 11.5 Å². The van der Waals surface area contributed by atoms with Gasteiger partial charge in [0.05, 0.1) is 12.8 Å². The number of hydrogen-bond acceptors (Lipinski definition) is 5. The molecule has 0 aliphatic rings. The number of carbonyl (C=O) groups is 2. The molecule has 2 rings (SSSR count). The highest BCUT2D eigenvalue weighted by molar-refractivity contribution is 6.30. The summed E-state index contributed by atoms with van der Waals surface area (Å²) < 4.78 is 10.5. The minimum atomic E-state index is -0.434. The van der Waals surface area contributed by atoms with E-state index in [4.69, 9.17) is 21.1 Å². The molecule has 6 nitrogen and oxygen atoms in total. The van der Waals surface area contributed by atoms with Crippen LogP contribution in [0.4, 0.5) is 0 Å². The summed E-state index contributed by atoms with van der Waals surface area (Å²) in [5.74, 6) is -0.0613. The summed E-state index contributed by atoms with van der Waals surface area (Å²) in [6.45, 7) is 3.56. The number of nitrogens with zero attached hydrogens (tertiary/aromatic N) is 1. The third-order valence-electron chi connectivity index (χ3n) is 2.99. The second-order valence-corrected chi connectivity index (χ2v) is 5.38. The van der Waals surface area contributed by atoms with Crippen LogP contribution in [0.25, 0.3) is 0 Å². The molecule has 25 heavy (non-hydrogen) atoms. The van der Waals surface area contributed by atoms with Crippen LogP contribution in [0, 0.1) is 0 Å². The number of halogens is 1. The molecule has 7 heteroatoms. The molecule has 0 radical (unpaired) electrons. The number of carbonyl (C=O) groups excluding carboxylic acids is 2. The van der Waals surface area contributed by atoms with E-state index in [1.807, 2.05) is 6.92 Å². The predicted octanol–water partition coefficient (Wildman–Crippen LogP) is 3.43. The predicted molar refractivity (Wildman–Crippen MR) is 95.4 cm³/mol. The quantitative estimate of drug-likeness (QED) is 0.370. The average Bonchev–Trinajstić information content (AvgIpc) is 2.57. The maximum atomic E-state index is 12.0. The molecule has 0 aromatic heterocycles. The van der Waals surface area contributed by atoms with Crippen molar-refractivity contribution in [1.29, 1.82) is 0 Å². The normalized spacial score (nSPS) is 10.5. The van der Waals surface area contributed by atoms with Crippen LogP contribution in [0.3, 0.4) is 0 Å². The highest BCUT2D eigenvalue weighted by Crippen LogP contribution is 2.28. The van der Waals surface area contributed by atoms with Crippen molar-refractivity contribution in [2.24, 2.45) is 5.10 Å². The van der Waals surface area contributed by atoms with Gasteiger partial charge in [0.15, 0.2) is 11.5 Å². The molecule has 2 aromatic carbocycles. The van der Waals surface area contributed by atoms with E-state index in [9.17, 15) is 9.59 Å². The number of hydrogen-bond donors (Lipinski definition) is 1. The number of amides is 1. The Kier molecular flexibility index (Phi) is 6.54. The molecule has 0 heterocycles.